The molecule has 1 N–H and O–H groups in total. The first-order valence-corrected chi connectivity index (χ1v) is 4.31. The van der Waals surface area contributed by atoms with Crippen molar-refractivity contribution in [2.24, 2.45) is 0 Å². The first kappa shape index (κ1) is 9.98. The van der Waals surface area contributed by atoms with E-state index in [9.17, 15) is 9.59 Å². The van der Waals surface area contributed by atoms with Gasteiger partial charge in [-0.05, 0) is 14.0 Å². The molecule has 1 fully saturated rings. The lowest BCUT2D eigenvalue weighted by Crippen LogP contribution is -2.57. The van der Waals surface area contributed by atoms with E-state index < -0.39 is 12.0 Å². The zero-order chi connectivity index (χ0) is 9.84. The van der Waals surface area contributed by atoms with Crippen molar-refractivity contribution in [2.75, 3.05) is 26.7 Å². The molecule has 1 heterocycles. The number of likely N-dealkylation sites (N-methyl/N-ethyl adjacent to an activating group) is 1. The van der Waals surface area contributed by atoms with Gasteiger partial charge in [0, 0.05) is 13.1 Å². The molecule has 13 heavy (non-hydrogen) atoms. The molecule has 0 spiro atoms. The van der Waals surface area contributed by atoms with Crippen LogP contribution < -0.4 is 5.32 Å². The Morgan fingerprint density at radius 3 is 3.00 bits per heavy atom. The van der Waals surface area contributed by atoms with E-state index in [1.165, 1.54) is 0 Å². The van der Waals surface area contributed by atoms with E-state index in [4.69, 9.17) is 4.74 Å². The highest BCUT2D eigenvalue weighted by molar-refractivity contribution is 6.02. The van der Waals surface area contributed by atoms with Crippen LogP contribution in [0.4, 0.5) is 0 Å². The normalized spacial score (nSPS) is 23.8. The molecule has 0 saturated carbocycles. The molecule has 0 aromatic rings. The van der Waals surface area contributed by atoms with Gasteiger partial charge in [-0.3, -0.25) is 9.69 Å². The van der Waals surface area contributed by atoms with Crippen LogP contribution in [0.15, 0.2) is 0 Å². The average Bonchev–Trinajstić information content (AvgIpc) is 2.04. The number of ether oxygens (including phenoxy) is 1. The van der Waals surface area contributed by atoms with E-state index >= 15 is 0 Å². The Labute approximate surface area is 77.0 Å². The summed E-state index contributed by atoms with van der Waals surface area (Å²) in [7, 11) is 1.74. The van der Waals surface area contributed by atoms with Crippen LogP contribution in [0.5, 0.6) is 0 Å². The van der Waals surface area contributed by atoms with Gasteiger partial charge in [0.15, 0.2) is 6.04 Å². The Morgan fingerprint density at radius 2 is 2.46 bits per heavy atom. The van der Waals surface area contributed by atoms with Crippen molar-refractivity contribution < 1.29 is 14.3 Å². The van der Waals surface area contributed by atoms with Crippen molar-refractivity contribution in [1.29, 1.82) is 0 Å². The molecule has 0 aromatic carbocycles. The number of nitrogens with one attached hydrogen (secondary N) is 1. The van der Waals surface area contributed by atoms with Crippen LogP contribution in [-0.4, -0.2) is 49.6 Å². The Bertz CT molecular complexity index is 217. The highest BCUT2D eigenvalue weighted by Gasteiger charge is 2.34. The number of carbonyl (C=O) groups excluding carboxylic acids is 2. The minimum absolute atomic E-state index is 0.271. The average molecular weight is 186 g/mol. The van der Waals surface area contributed by atoms with Crippen molar-refractivity contribution in [3.05, 3.63) is 0 Å². The van der Waals surface area contributed by atoms with E-state index in [0.29, 0.717) is 19.7 Å². The summed E-state index contributed by atoms with van der Waals surface area (Å²) in [6.45, 7) is 3.29. The number of hydrogen-bond donors (Lipinski definition) is 1. The summed E-state index contributed by atoms with van der Waals surface area (Å²) < 4.78 is 4.78. The van der Waals surface area contributed by atoms with E-state index in [0.717, 1.165) is 0 Å². The van der Waals surface area contributed by atoms with Gasteiger partial charge < -0.3 is 10.1 Å². The van der Waals surface area contributed by atoms with Crippen LogP contribution >= 0.6 is 0 Å². The second kappa shape index (κ2) is 4.23. The molecule has 1 saturated heterocycles. The number of nitrogens with zero attached hydrogens (tertiary/aromatic N) is 1. The molecular weight excluding hydrogens is 172 g/mol. The number of esters is 1. The lowest BCUT2D eigenvalue weighted by atomic mass is 10.2. The quantitative estimate of drug-likeness (QED) is 0.443. The van der Waals surface area contributed by atoms with Gasteiger partial charge in [0.1, 0.15) is 0 Å². The van der Waals surface area contributed by atoms with Crippen LogP contribution in [0.3, 0.4) is 0 Å². The smallest absolute Gasteiger partial charge is 0.333 e. The zero-order valence-electron chi connectivity index (χ0n) is 7.87. The van der Waals surface area contributed by atoms with Gasteiger partial charge >= 0.3 is 5.97 Å². The number of carbonyl (C=O) groups is 2. The molecule has 5 heteroatoms. The summed E-state index contributed by atoms with van der Waals surface area (Å²) in [5, 5.41) is 2.62. The minimum atomic E-state index is -0.770. The molecule has 1 amide bonds. The maximum atomic E-state index is 11.3. The van der Waals surface area contributed by atoms with Gasteiger partial charge in [-0.15, -0.1) is 0 Å². The van der Waals surface area contributed by atoms with Crippen LogP contribution in [0.2, 0.25) is 0 Å². The molecule has 74 valence electrons. The molecule has 0 aromatic heterocycles. The molecule has 1 unspecified atom stereocenters. The second-order valence-electron chi connectivity index (χ2n) is 2.93. The first-order valence-electron chi connectivity index (χ1n) is 4.31. The van der Waals surface area contributed by atoms with E-state index in [-0.39, 0.29) is 5.91 Å². The van der Waals surface area contributed by atoms with E-state index in [2.05, 4.69) is 5.32 Å². The highest BCUT2D eigenvalue weighted by Crippen LogP contribution is 2.03. The summed E-state index contributed by atoms with van der Waals surface area (Å²) in [4.78, 5) is 24.3. The van der Waals surface area contributed by atoms with E-state index in [1.807, 2.05) is 0 Å². The summed E-state index contributed by atoms with van der Waals surface area (Å²) in [6.07, 6.45) is 0. The maximum absolute atomic E-state index is 11.3. The number of piperazine rings is 1. The summed E-state index contributed by atoms with van der Waals surface area (Å²) in [5.41, 5.74) is 0. The predicted octanol–water partition coefficient (Wildman–Crippen LogP) is -1.02. The summed E-state index contributed by atoms with van der Waals surface area (Å²) in [5.74, 6) is -0.741. The van der Waals surface area contributed by atoms with Gasteiger partial charge in [-0.2, -0.15) is 0 Å². The lowest BCUT2D eigenvalue weighted by Gasteiger charge is -2.29. The maximum Gasteiger partial charge on any atom is 0.333 e. The van der Waals surface area contributed by atoms with Crippen LogP contribution in [0, 0.1) is 0 Å². The topological polar surface area (TPSA) is 58.6 Å². The van der Waals surface area contributed by atoms with Crippen LogP contribution in [-0.2, 0) is 14.3 Å². The summed E-state index contributed by atoms with van der Waals surface area (Å²) in [6, 6.07) is -0.770. The molecule has 1 aliphatic heterocycles. The Morgan fingerprint density at radius 1 is 1.77 bits per heavy atom. The fourth-order valence-corrected chi connectivity index (χ4v) is 1.29. The van der Waals surface area contributed by atoms with Crippen molar-refractivity contribution in [3.63, 3.8) is 0 Å². The predicted molar refractivity (Wildman–Crippen MR) is 46.1 cm³/mol. The second-order valence-corrected chi connectivity index (χ2v) is 2.93. The van der Waals surface area contributed by atoms with Crippen molar-refractivity contribution >= 4 is 11.9 Å². The monoisotopic (exact) mass is 186 g/mol. The Hall–Kier alpha value is -1.10. The number of amides is 1. The fourth-order valence-electron chi connectivity index (χ4n) is 1.29. The Balaban J connectivity index is 2.62. The SMILES string of the molecule is CCOC(=O)C1C(=O)NCCN1C. The zero-order valence-corrected chi connectivity index (χ0v) is 7.87. The van der Waals surface area contributed by atoms with Crippen LogP contribution in [0.25, 0.3) is 0 Å². The van der Waals surface area contributed by atoms with Gasteiger partial charge in [-0.1, -0.05) is 0 Å². The minimum Gasteiger partial charge on any atom is -0.464 e. The molecule has 5 nitrogen and oxygen atoms in total. The van der Waals surface area contributed by atoms with Crippen molar-refractivity contribution in [3.8, 4) is 0 Å². The molecule has 0 aliphatic carbocycles. The molecule has 1 aliphatic rings. The van der Waals surface area contributed by atoms with Crippen molar-refractivity contribution in [2.45, 2.75) is 13.0 Å². The van der Waals surface area contributed by atoms with Gasteiger partial charge in [0.25, 0.3) is 0 Å². The van der Waals surface area contributed by atoms with Crippen LogP contribution in [0.1, 0.15) is 6.92 Å². The fraction of sp³-hybridized carbons (Fsp3) is 0.750. The molecule has 1 atom stereocenters. The van der Waals surface area contributed by atoms with E-state index in [1.54, 1.807) is 18.9 Å². The number of hydrogen-bond acceptors (Lipinski definition) is 4. The first-order chi connectivity index (χ1) is 6.16. The van der Waals surface area contributed by atoms with Gasteiger partial charge in [0.05, 0.1) is 6.61 Å². The largest absolute Gasteiger partial charge is 0.464 e. The highest BCUT2D eigenvalue weighted by atomic mass is 16.5. The third-order valence-electron chi connectivity index (χ3n) is 1.96. The van der Waals surface area contributed by atoms with Gasteiger partial charge in [0.2, 0.25) is 5.91 Å². The molecule has 0 bridgehead atoms. The third-order valence-corrected chi connectivity index (χ3v) is 1.96. The third kappa shape index (κ3) is 2.18. The summed E-state index contributed by atoms with van der Waals surface area (Å²) >= 11 is 0. The lowest BCUT2D eigenvalue weighted by molar-refractivity contribution is -0.154. The Kier molecular flexibility index (Phi) is 3.25. The molecule has 1 rings (SSSR count). The standard InChI is InChI=1S/C8H14N2O3/c1-3-13-8(12)6-7(11)9-4-5-10(6)2/h6H,3-5H2,1-2H3,(H,9,11). The molecular formula is C8H14N2O3. The number of rotatable bonds is 2. The molecule has 0 radical (unpaired) electrons. The van der Waals surface area contributed by atoms with Gasteiger partial charge in [-0.25, -0.2) is 4.79 Å². The van der Waals surface area contributed by atoms with Crippen molar-refractivity contribution in [1.82, 2.24) is 10.2 Å².